The number of alkyl halides is 2. The number of halogens is 3. The number of hydrogen-bond donors (Lipinski definition) is 1. The second-order valence-corrected chi connectivity index (χ2v) is 4.33. The van der Waals surface area contributed by atoms with Gasteiger partial charge in [0.25, 0.3) is 6.43 Å². The predicted octanol–water partition coefficient (Wildman–Crippen LogP) is 3.15. The van der Waals surface area contributed by atoms with E-state index in [0.717, 1.165) is 0 Å². The highest BCUT2D eigenvalue weighted by Crippen LogP contribution is 2.18. The summed E-state index contributed by atoms with van der Waals surface area (Å²) in [5, 5.41) is 3.12. The molecule has 0 saturated carbocycles. The van der Waals surface area contributed by atoms with E-state index >= 15 is 0 Å². The lowest BCUT2D eigenvalue weighted by molar-refractivity contribution is -0.0251. The first kappa shape index (κ1) is 15.0. The zero-order valence-corrected chi connectivity index (χ0v) is 10.5. The average molecular weight is 261 g/mol. The first-order valence-corrected chi connectivity index (χ1v) is 5.87. The van der Waals surface area contributed by atoms with E-state index < -0.39 is 19.1 Å². The molecule has 1 N–H and O–H groups in total. The second-order valence-electron chi connectivity index (χ2n) is 4.33. The fourth-order valence-corrected chi connectivity index (χ4v) is 1.48. The van der Waals surface area contributed by atoms with Crippen LogP contribution in [0.15, 0.2) is 24.3 Å². The largest absolute Gasteiger partial charge is 0.366 e. The van der Waals surface area contributed by atoms with E-state index in [2.05, 4.69) is 5.32 Å². The van der Waals surface area contributed by atoms with Crippen LogP contribution in [-0.2, 0) is 4.74 Å². The Balaban J connectivity index is 2.66. The Bertz CT molecular complexity index is 329. The summed E-state index contributed by atoms with van der Waals surface area (Å²) in [6, 6.07) is 5.91. The van der Waals surface area contributed by atoms with Crippen LogP contribution in [0.1, 0.15) is 25.5 Å². The third kappa shape index (κ3) is 5.51. The molecule has 1 aromatic rings. The molecule has 0 amide bonds. The van der Waals surface area contributed by atoms with Crippen LogP contribution in [0.4, 0.5) is 13.2 Å². The van der Waals surface area contributed by atoms with Crippen LogP contribution >= 0.6 is 0 Å². The van der Waals surface area contributed by atoms with E-state index in [4.69, 9.17) is 4.74 Å². The minimum Gasteiger partial charge on any atom is -0.366 e. The Kier molecular flexibility index (Phi) is 6.15. The first-order chi connectivity index (χ1) is 8.49. The molecule has 0 saturated heterocycles. The van der Waals surface area contributed by atoms with Gasteiger partial charge in [0, 0.05) is 12.6 Å². The van der Waals surface area contributed by atoms with Gasteiger partial charge in [0.15, 0.2) is 0 Å². The number of ether oxygens (including phenoxy) is 1. The highest BCUT2D eigenvalue weighted by Gasteiger charge is 2.15. The van der Waals surface area contributed by atoms with Crippen molar-refractivity contribution >= 4 is 0 Å². The fourth-order valence-electron chi connectivity index (χ4n) is 1.48. The van der Waals surface area contributed by atoms with Crippen molar-refractivity contribution in [3.05, 3.63) is 35.6 Å². The Hall–Kier alpha value is -1.07. The fraction of sp³-hybridized carbons (Fsp3) is 0.538. The summed E-state index contributed by atoms with van der Waals surface area (Å²) >= 11 is 0. The minimum absolute atomic E-state index is 0.225. The van der Waals surface area contributed by atoms with Gasteiger partial charge in [-0.3, -0.25) is 0 Å². The number of nitrogens with one attached hydrogen (secondary N) is 1. The quantitative estimate of drug-likeness (QED) is 0.814. The van der Waals surface area contributed by atoms with Crippen LogP contribution in [0, 0.1) is 5.82 Å². The SMILES string of the molecule is CC(C)NCC(OCC(F)F)c1ccc(F)cc1. The van der Waals surface area contributed by atoms with E-state index in [1.54, 1.807) is 12.1 Å². The third-order valence-electron chi connectivity index (χ3n) is 2.38. The molecule has 0 fully saturated rings. The zero-order valence-electron chi connectivity index (χ0n) is 10.5. The number of rotatable bonds is 7. The Morgan fingerprint density at radius 2 is 1.78 bits per heavy atom. The Morgan fingerprint density at radius 1 is 1.17 bits per heavy atom. The molecule has 102 valence electrons. The summed E-state index contributed by atoms with van der Waals surface area (Å²) in [5.41, 5.74) is 0.685. The first-order valence-electron chi connectivity index (χ1n) is 5.87. The molecule has 1 unspecified atom stereocenters. The molecule has 2 nitrogen and oxygen atoms in total. The van der Waals surface area contributed by atoms with Crippen LogP contribution in [0.3, 0.4) is 0 Å². The normalized spacial score (nSPS) is 13.3. The molecular formula is C13H18F3NO. The molecule has 0 bridgehead atoms. The van der Waals surface area contributed by atoms with Gasteiger partial charge >= 0.3 is 0 Å². The molecule has 1 aromatic carbocycles. The summed E-state index contributed by atoms with van der Waals surface area (Å²) in [5.74, 6) is -0.358. The van der Waals surface area contributed by atoms with Crippen LogP contribution in [-0.4, -0.2) is 25.6 Å². The summed E-state index contributed by atoms with van der Waals surface area (Å²) in [6.45, 7) is 3.70. The maximum absolute atomic E-state index is 12.8. The molecular weight excluding hydrogens is 243 g/mol. The summed E-state index contributed by atoms with van der Waals surface area (Å²) in [4.78, 5) is 0. The molecule has 18 heavy (non-hydrogen) atoms. The van der Waals surface area contributed by atoms with Gasteiger partial charge in [-0.25, -0.2) is 13.2 Å². The lowest BCUT2D eigenvalue weighted by Gasteiger charge is -2.20. The average Bonchev–Trinajstić information content (AvgIpc) is 2.30. The smallest absolute Gasteiger partial charge is 0.261 e. The van der Waals surface area contributed by atoms with Crippen molar-refractivity contribution < 1.29 is 17.9 Å². The van der Waals surface area contributed by atoms with E-state index in [9.17, 15) is 13.2 Å². The van der Waals surface area contributed by atoms with Crippen LogP contribution in [0.2, 0.25) is 0 Å². The summed E-state index contributed by atoms with van der Waals surface area (Å²) in [6.07, 6.45) is -3.01. The van der Waals surface area contributed by atoms with E-state index in [1.807, 2.05) is 13.8 Å². The van der Waals surface area contributed by atoms with Crippen molar-refractivity contribution in [2.75, 3.05) is 13.2 Å². The Labute approximate surface area is 105 Å². The van der Waals surface area contributed by atoms with Crippen molar-refractivity contribution in [1.29, 1.82) is 0 Å². The van der Waals surface area contributed by atoms with Crippen LogP contribution in [0.5, 0.6) is 0 Å². The molecule has 0 spiro atoms. The third-order valence-corrected chi connectivity index (χ3v) is 2.38. The standard InChI is InChI=1S/C13H18F3NO/c1-9(2)17-7-12(18-8-13(15)16)10-3-5-11(14)6-4-10/h3-6,9,12-13,17H,7-8H2,1-2H3. The summed E-state index contributed by atoms with van der Waals surface area (Å²) in [7, 11) is 0. The Morgan fingerprint density at radius 3 is 2.28 bits per heavy atom. The van der Waals surface area contributed by atoms with Gasteiger partial charge in [-0.2, -0.15) is 0 Å². The molecule has 1 atom stereocenters. The van der Waals surface area contributed by atoms with Gasteiger partial charge in [-0.05, 0) is 17.7 Å². The molecule has 5 heteroatoms. The maximum Gasteiger partial charge on any atom is 0.261 e. The molecule has 0 heterocycles. The van der Waals surface area contributed by atoms with Crippen LogP contribution in [0.25, 0.3) is 0 Å². The molecule has 0 aromatic heterocycles. The van der Waals surface area contributed by atoms with Gasteiger partial charge in [0.05, 0.1) is 6.10 Å². The van der Waals surface area contributed by atoms with E-state index in [0.29, 0.717) is 12.1 Å². The predicted molar refractivity (Wildman–Crippen MR) is 64.2 cm³/mol. The van der Waals surface area contributed by atoms with Crippen molar-refractivity contribution in [1.82, 2.24) is 5.32 Å². The molecule has 0 aliphatic rings. The number of benzene rings is 1. The maximum atomic E-state index is 12.8. The molecule has 0 aliphatic heterocycles. The number of hydrogen-bond acceptors (Lipinski definition) is 2. The van der Waals surface area contributed by atoms with Gasteiger partial charge in [0.1, 0.15) is 12.4 Å². The van der Waals surface area contributed by atoms with Crippen molar-refractivity contribution in [3.63, 3.8) is 0 Å². The topological polar surface area (TPSA) is 21.3 Å². The van der Waals surface area contributed by atoms with Crippen molar-refractivity contribution in [2.24, 2.45) is 0 Å². The van der Waals surface area contributed by atoms with Gasteiger partial charge in [-0.1, -0.05) is 26.0 Å². The molecule has 0 radical (unpaired) electrons. The minimum atomic E-state index is -2.51. The van der Waals surface area contributed by atoms with Crippen LogP contribution < -0.4 is 5.32 Å². The zero-order chi connectivity index (χ0) is 13.5. The monoisotopic (exact) mass is 261 g/mol. The molecule has 1 rings (SSSR count). The highest BCUT2D eigenvalue weighted by molar-refractivity contribution is 5.19. The van der Waals surface area contributed by atoms with Crippen molar-refractivity contribution in [2.45, 2.75) is 32.4 Å². The van der Waals surface area contributed by atoms with Crippen molar-refractivity contribution in [3.8, 4) is 0 Å². The second kappa shape index (κ2) is 7.38. The molecule has 0 aliphatic carbocycles. The lowest BCUT2D eigenvalue weighted by atomic mass is 10.1. The van der Waals surface area contributed by atoms with E-state index in [-0.39, 0.29) is 11.9 Å². The van der Waals surface area contributed by atoms with Gasteiger partial charge in [0.2, 0.25) is 0 Å². The lowest BCUT2D eigenvalue weighted by Crippen LogP contribution is -2.30. The van der Waals surface area contributed by atoms with E-state index in [1.165, 1.54) is 12.1 Å². The highest BCUT2D eigenvalue weighted by atomic mass is 19.3. The summed E-state index contributed by atoms with van der Waals surface area (Å²) < 4.78 is 42.3. The van der Waals surface area contributed by atoms with Gasteiger partial charge in [-0.15, -0.1) is 0 Å². The van der Waals surface area contributed by atoms with Gasteiger partial charge < -0.3 is 10.1 Å².